The van der Waals surface area contributed by atoms with Crippen molar-refractivity contribution in [2.75, 3.05) is 18.5 Å². The zero-order valence-corrected chi connectivity index (χ0v) is 10.3. The zero-order valence-electron chi connectivity index (χ0n) is 10.3. The number of aromatic nitrogens is 3. The van der Waals surface area contributed by atoms with Crippen LogP contribution in [0.5, 0.6) is 0 Å². The van der Waals surface area contributed by atoms with E-state index in [9.17, 15) is 0 Å². The summed E-state index contributed by atoms with van der Waals surface area (Å²) >= 11 is 0. The van der Waals surface area contributed by atoms with Gasteiger partial charge < -0.3 is 10.4 Å². The predicted molar refractivity (Wildman–Crippen MR) is 70.2 cm³/mol. The number of anilines is 1. The van der Waals surface area contributed by atoms with E-state index in [0.29, 0.717) is 24.6 Å². The average Bonchev–Trinajstić information content (AvgIpc) is 2.40. The van der Waals surface area contributed by atoms with E-state index in [0.717, 1.165) is 11.3 Å². The van der Waals surface area contributed by atoms with Gasteiger partial charge in [0.25, 0.3) is 0 Å². The Bertz CT molecular complexity index is 502. The molecular weight excluding hydrogens is 228 g/mol. The molecule has 0 spiro atoms. The summed E-state index contributed by atoms with van der Waals surface area (Å²) in [6.45, 7) is 2.62. The van der Waals surface area contributed by atoms with E-state index in [-0.39, 0.29) is 6.61 Å². The summed E-state index contributed by atoms with van der Waals surface area (Å²) < 4.78 is 0. The minimum Gasteiger partial charge on any atom is -0.396 e. The molecule has 0 unspecified atom stereocenters. The lowest BCUT2D eigenvalue weighted by molar-refractivity contribution is 0.292. The van der Waals surface area contributed by atoms with Crippen molar-refractivity contribution in [3.05, 3.63) is 36.2 Å². The summed E-state index contributed by atoms with van der Waals surface area (Å²) in [6.07, 6.45) is 0.678. The second-order valence-electron chi connectivity index (χ2n) is 3.93. The van der Waals surface area contributed by atoms with E-state index >= 15 is 0 Å². The van der Waals surface area contributed by atoms with Crippen molar-refractivity contribution in [3.8, 4) is 11.3 Å². The summed E-state index contributed by atoms with van der Waals surface area (Å²) in [6, 6.07) is 9.80. The Morgan fingerprint density at radius 1 is 1.17 bits per heavy atom. The molecule has 0 saturated carbocycles. The maximum atomic E-state index is 8.80. The molecule has 18 heavy (non-hydrogen) atoms. The maximum absolute atomic E-state index is 8.80. The van der Waals surface area contributed by atoms with Crippen molar-refractivity contribution >= 4 is 5.82 Å². The first-order valence-electron chi connectivity index (χ1n) is 5.92. The van der Waals surface area contributed by atoms with Crippen LogP contribution in [0.1, 0.15) is 12.2 Å². The number of hydrogen-bond donors (Lipinski definition) is 2. The highest BCUT2D eigenvalue weighted by Gasteiger charge is 2.09. The third-order valence-corrected chi connectivity index (χ3v) is 2.47. The molecule has 2 rings (SSSR count). The van der Waals surface area contributed by atoms with Gasteiger partial charge in [-0.05, 0) is 13.3 Å². The second kappa shape index (κ2) is 6.07. The van der Waals surface area contributed by atoms with E-state index in [1.165, 1.54) is 0 Å². The minimum atomic E-state index is 0.158. The van der Waals surface area contributed by atoms with Crippen LogP contribution in [-0.4, -0.2) is 33.4 Å². The molecule has 0 bridgehead atoms. The SMILES string of the molecule is Cc1nnc(-c2ccccc2)c(NCCCO)n1. The van der Waals surface area contributed by atoms with Gasteiger partial charge in [0.1, 0.15) is 11.5 Å². The third-order valence-electron chi connectivity index (χ3n) is 2.47. The van der Waals surface area contributed by atoms with Crippen molar-refractivity contribution in [2.45, 2.75) is 13.3 Å². The Hall–Kier alpha value is -2.01. The van der Waals surface area contributed by atoms with Gasteiger partial charge in [0.2, 0.25) is 0 Å². The number of nitrogens with one attached hydrogen (secondary N) is 1. The number of aliphatic hydroxyl groups is 1. The molecule has 0 aliphatic heterocycles. The van der Waals surface area contributed by atoms with Crippen molar-refractivity contribution in [1.29, 1.82) is 0 Å². The maximum Gasteiger partial charge on any atom is 0.156 e. The van der Waals surface area contributed by atoms with E-state index in [4.69, 9.17) is 5.11 Å². The van der Waals surface area contributed by atoms with Crippen LogP contribution >= 0.6 is 0 Å². The molecule has 2 N–H and O–H groups in total. The number of aliphatic hydroxyl groups excluding tert-OH is 1. The number of hydrogen-bond acceptors (Lipinski definition) is 5. The summed E-state index contributed by atoms with van der Waals surface area (Å²) in [5.41, 5.74) is 1.71. The van der Waals surface area contributed by atoms with Crippen LogP contribution in [-0.2, 0) is 0 Å². The zero-order chi connectivity index (χ0) is 12.8. The van der Waals surface area contributed by atoms with Gasteiger partial charge in [0.15, 0.2) is 5.82 Å². The van der Waals surface area contributed by atoms with Crippen molar-refractivity contribution < 1.29 is 5.11 Å². The van der Waals surface area contributed by atoms with Gasteiger partial charge in [-0.2, -0.15) is 0 Å². The highest BCUT2D eigenvalue weighted by Crippen LogP contribution is 2.22. The van der Waals surface area contributed by atoms with Crippen molar-refractivity contribution in [3.63, 3.8) is 0 Å². The van der Waals surface area contributed by atoms with Crippen LogP contribution in [0.15, 0.2) is 30.3 Å². The molecule has 0 fully saturated rings. The van der Waals surface area contributed by atoms with Gasteiger partial charge >= 0.3 is 0 Å². The Kier molecular flexibility index (Phi) is 4.20. The van der Waals surface area contributed by atoms with Gasteiger partial charge in [0.05, 0.1) is 0 Å². The molecular formula is C13H16N4O. The van der Waals surface area contributed by atoms with E-state index < -0.39 is 0 Å². The van der Waals surface area contributed by atoms with E-state index in [1.807, 2.05) is 30.3 Å². The topological polar surface area (TPSA) is 70.9 Å². The third kappa shape index (κ3) is 3.01. The van der Waals surface area contributed by atoms with Crippen molar-refractivity contribution in [2.24, 2.45) is 0 Å². The highest BCUT2D eigenvalue weighted by molar-refractivity contribution is 5.70. The molecule has 1 aromatic heterocycles. The number of rotatable bonds is 5. The summed E-state index contributed by atoms with van der Waals surface area (Å²) in [4.78, 5) is 4.35. The van der Waals surface area contributed by atoms with Crippen LogP contribution < -0.4 is 5.32 Å². The van der Waals surface area contributed by atoms with Crippen LogP contribution in [0.4, 0.5) is 5.82 Å². The first-order chi connectivity index (χ1) is 8.81. The van der Waals surface area contributed by atoms with Gasteiger partial charge in [-0.3, -0.25) is 0 Å². The first-order valence-corrected chi connectivity index (χ1v) is 5.92. The van der Waals surface area contributed by atoms with Gasteiger partial charge in [-0.25, -0.2) is 4.98 Å². The van der Waals surface area contributed by atoms with Gasteiger partial charge in [-0.15, -0.1) is 10.2 Å². The predicted octanol–water partition coefficient (Wildman–Crippen LogP) is 1.64. The number of nitrogens with zero attached hydrogens (tertiary/aromatic N) is 3. The molecule has 1 aromatic carbocycles. The van der Waals surface area contributed by atoms with Crippen LogP contribution in [0.3, 0.4) is 0 Å². The quantitative estimate of drug-likeness (QED) is 0.782. The van der Waals surface area contributed by atoms with E-state index in [1.54, 1.807) is 6.92 Å². The standard InChI is InChI=1S/C13H16N4O/c1-10-15-13(14-8-5-9-18)12(17-16-10)11-6-3-2-4-7-11/h2-4,6-7,18H,5,8-9H2,1H3,(H,14,15,16). The molecule has 94 valence electrons. The Labute approximate surface area is 106 Å². The molecule has 0 radical (unpaired) electrons. The Balaban J connectivity index is 2.29. The molecule has 1 heterocycles. The monoisotopic (exact) mass is 244 g/mol. The minimum absolute atomic E-state index is 0.158. The molecule has 0 amide bonds. The molecule has 0 aliphatic carbocycles. The second-order valence-corrected chi connectivity index (χ2v) is 3.93. The number of benzene rings is 1. The highest BCUT2D eigenvalue weighted by atomic mass is 16.3. The Morgan fingerprint density at radius 3 is 2.67 bits per heavy atom. The average molecular weight is 244 g/mol. The largest absolute Gasteiger partial charge is 0.396 e. The fourth-order valence-corrected chi connectivity index (χ4v) is 1.61. The van der Waals surface area contributed by atoms with Crippen molar-refractivity contribution in [1.82, 2.24) is 15.2 Å². The van der Waals surface area contributed by atoms with Gasteiger partial charge in [0, 0.05) is 18.7 Å². The normalized spacial score (nSPS) is 10.3. The number of aryl methyl sites for hydroxylation is 1. The van der Waals surface area contributed by atoms with Crippen LogP contribution in [0, 0.1) is 6.92 Å². The van der Waals surface area contributed by atoms with E-state index in [2.05, 4.69) is 20.5 Å². The van der Waals surface area contributed by atoms with Crippen LogP contribution in [0.2, 0.25) is 0 Å². The van der Waals surface area contributed by atoms with Gasteiger partial charge in [-0.1, -0.05) is 30.3 Å². The summed E-state index contributed by atoms with van der Waals surface area (Å²) in [7, 11) is 0. The fraction of sp³-hybridized carbons (Fsp3) is 0.308. The molecule has 5 heteroatoms. The molecule has 0 saturated heterocycles. The molecule has 0 atom stereocenters. The molecule has 5 nitrogen and oxygen atoms in total. The lowest BCUT2D eigenvalue weighted by Crippen LogP contribution is -2.09. The Morgan fingerprint density at radius 2 is 1.94 bits per heavy atom. The molecule has 0 aliphatic rings. The molecule has 2 aromatic rings. The lowest BCUT2D eigenvalue weighted by Gasteiger charge is -2.09. The smallest absolute Gasteiger partial charge is 0.156 e. The fourth-order valence-electron chi connectivity index (χ4n) is 1.61. The lowest BCUT2D eigenvalue weighted by atomic mass is 10.1. The first kappa shape index (κ1) is 12.4. The van der Waals surface area contributed by atoms with Crippen LogP contribution in [0.25, 0.3) is 11.3 Å². The summed E-state index contributed by atoms with van der Waals surface area (Å²) in [5.74, 6) is 1.34. The summed E-state index contributed by atoms with van der Waals surface area (Å²) in [5, 5.41) is 20.2.